The van der Waals surface area contributed by atoms with Crippen LogP contribution in [0.1, 0.15) is 31.9 Å². The van der Waals surface area contributed by atoms with Gasteiger partial charge in [0.1, 0.15) is 18.1 Å². The van der Waals surface area contributed by atoms with Gasteiger partial charge in [0.25, 0.3) is 5.17 Å². The molecule has 2 aromatic carbocycles. The second kappa shape index (κ2) is 10.8. The maximum absolute atomic E-state index is 5.88. The van der Waals surface area contributed by atoms with Crippen molar-refractivity contribution in [3.8, 4) is 11.5 Å². The molecule has 0 aliphatic heterocycles. The van der Waals surface area contributed by atoms with Gasteiger partial charge >= 0.3 is 0 Å². The van der Waals surface area contributed by atoms with E-state index in [9.17, 15) is 0 Å². The van der Waals surface area contributed by atoms with Gasteiger partial charge in [0, 0.05) is 18.8 Å². The molecule has 0 amide bonds. The molecule has 0 spiro atoms. The summed E-state index contributed by atoms with van der Waals surface area (Å²) in [6.07, 6.45) is 0. The molecule has 164 valence electrons. The Morgan fingerprint density at radius 3 is 2.45 bits per heavy atom. The van der Waals surface area contributed by atoms with Gasteiger partial charge in [-0.3, -0.25) is 0 Å². The summed E-state index contributed by atoms with van der Waals surface area (Å²) in [5, 5.41) is 4.51. The highest BCUT2D eigenvalue weighted by Crippen LogP contribution is 2.25. The van der Waals surface area contributed by atoms with Gasteiger partial charge in [-0.05, 0) is 69.9 Å². The second-order valence-corrected chi connectivity index (χ2v) is 9.36. The number of benzene rings is 2. The van der Waals surface area contributed by atoms with E-state index in [4.69, 9.17) is 26.4 Å². The fourth-order valence-electron chi connectivity index (χ4n) is 2.86. The molecule has 3 rings (SSSR count). The molecule has 0 saturated heterocycles. The average Bonchev–Trinajstić information content (AvgIpc) is 3.26. The van der Waals surface area contributed by atoms with E-state index in [1.54, 1.807) is 11.3 Å². The first-order valence-corrected chi connectivity index (χ1v) is 11.6. The summed E-state index contributed by atoms with van der Waals surface area (Å²) in [6, 6.07) is 17.9. The smallest absolute Gasteiger partial charge is 0.269 e. The monoisotopic (exact) mass is 455 g/mol. The number of hydrogen-bond donors (Lipinski definition) is 0. The maximum atomic E-state index is 5.88. The van der Waals surface area contributed by atoms with Crippen LogP contribution in [0, 0.1) is 0 Å². The van der Waals surface area contributed by atoms with Crippen LogP contribution < -0.4 is 14.4 Å². The summed E-state index contributed by atoms with van der Waals surface area (Å²) in [7, 11) is 1.88. The molecule has 0 atom stereocenters. The van der Waals surface area contributed by atoms with Crippen molar-refractivity contribution in [2.75, 3.05) is 25.2 Å². The van der Waals surface area contributed by atoms with Crippen molar-refractivity contribution in [3.05, 3.63) is 76.5 Å². The van der Waals surface area contributed by atoms with Crippen molar-refractivity contribution in [1.82, 2.24) is 0 Å². The first-order valence-electron chi connectivity index (χ1n) is 10.2. The number of thiocarbonyl (C=S) groups is 1. The fraction of sp³-hybridized carbons (Fsp3) is 0.320. The second-order valence-electron chi connectivity index (χ2n) is 8.23. The van der Waals surface area contributed by atoms with Crippen LogP contribution in [-0.4, -0.2) is 25.4 Å². The van der Waals surface area contributed by atoms with Crippen molar-refractivity contribution in [1.29, 1.82) is 0 Å². The summed E-state index contributed by atoms with van der Waals surface area (Å²) < 4.78 is 17.4. The molecule has 1 aromatic heterocycles. The average molecular weight is 456 g/mol. The lowest BCUT2D eigenvalue weighted by molar-refractivity contribution is 0.0891. The molecule has 6 heteroatoms. The number of ether oxygens (including phenoxy) is 3. The highest BCUT2D eigenvalue weighted by molar-refractivity contribution is 7.80. The fourth-order valence-corrected chi connectivity index (χ4v) is 3.72. The predicted octanol–water partition coefficient (Wildman–Crippen LogP) is 6.44. The van der Waals surface area contributed by atoms with Gasteiger partial charge in [0.05, 0.1) is 13.2 Å². The number of thiophene rings is 1. The molecule has 0 aliphatic rings. The van der Waals surface area contributed by atoms with Gasteiger partial charge in [-0.2, -0.15) is 11.3 Å². The van der Waals surface area contributed by atoms with E-state index in [0.29, 0.717) is 25.0 Å². The Morgan fingerprint density at radius 2 is 1.77 bits per heavy atom. The van der Waals surface area contributed by atoms with Gasteiger partial charge < -0.3 is 19.1 Å². The van der Waals surface area contributed by atoms with Crippen molar-refractivity contribution < 1.29 is 14.2 Å². The summed E-state index contributed by atoms with van der Waals surface area (Å²) in [5.41, 5.74) is 3.44. The Labute approximate surface area is 194 Å². The van der Waals surface area contributed by atoms with Crippen LogP contribution in [0.3, 0.4) is 0 Å². The Balaban J connectivity index is 1.50. The summed E-state index contributed by atoms with van der Waals surface area (Å²) >= 11 is 7.17. The van der Waals surface area contributed by atoms with E-state index in [1.165, 1.54) is 11.1 Å². The van der Waals surface area contributed by atoms with Gasteiger partial charge in [0.2, 0.25) is 0 Å². The van der Waals surface area contributed by atoms with E-state index in [0.717, 1.165) is 17.2 Å². The van der Waals surface area contributed by atoms with E-state index < -0.39 is 0 Å². The zero-order valence-electron chi connectivity index (χ0n) is 18.5. The van der Waals surface area contributed by atoms with E-state index in [-0.39, 0.29) is 5.41 Å². The summed E-state index contributed by atoms with van der Waals surface area (Å²) in [5.74, 6) is 1.49. The van der Waals surface area contributed by atoms with Gasteiger partial charge in [-0.25, -0.2) is 0 Å². The first-order chi connectivity index (χ1) is 14.8. The van der Waals surface area contributed by atoms with E-state index >= 15 is 0 Å². The number of anilines is 1. The molecule has 0 fully saturated rings. The minimum atomic E-state index is 0.102. The number of rotatable bonds is 8. The molecule has 1 heterocycles. The largest absolute Gasteiger partial charge is 0.491 e. The van der Waals surface area contributed by atoms with Gasteiger partial charge in [0.15, 0.2) is 0 Å². The molecule has 0 bridgehead atoms. The van der Waals surface area contributed by atoms with Crippen LogP contribution in [0.2, 0.25) is 0 Å². The molecular weight excluding hydrogens is 426 g/mol. The lowest BCUT2D eigenvalue weighted by atomic mass is 9.87. The van der Waals surface area contributed by atoms with E-state index in [1.807, 2.05) is 53.7 Å². The minimum absolute atomic E-state index is 0.102. The molecule has 31 heavy (non-hydrogen) atoms. The third-order valence-corrected chi connectivity index (χ3v) is 5.84. The normalized spacial score (nSPS) is 11.2. The number of hydrogen-bond acceptors (Lipinski definition) is 5. The third-order valence-electron chi connectivity index (χ3n) is 4.75. The Bertz CT molecular complexity index is 963. The minimum Gasteiger partial charge on any atom is -0.491 e. The van der Waals surface area contributed by atoms with Crippen LogP contribution in [0.25, 0.3) is 0 Å². The lowest BCUT2D eigenvalue weighted by Gasteiger charge is -2.22. The highest BCUT2D eigenvalue weighted by Gasteiger charge is 2.14. The van der Waals surface area contributed by atoms with Crippen LogP contribution >= 0.6 is 23.6 Å². The predicted molar refractivity (Wildman–Crippen MR) is 133 cm³/mol. The zero-order chi connectivity index (χ0) is 22.3. The maximum Gasteiger partial charge on any atom is 0.269 e. The Hall–Kier alpha value is -2.41. The standard InChI is InChI=1S/C25H29NO3S2/c1-25(2,3)20-8-10-22(11-9-20)29-24(30)26(4)21-6-5-7-23(16-21)28-14-13-27-17-19-12-15-31-18-19/h5-12,15-16,18H,13-14,17H2,1-4H3. The molecule has 4 nitrogen and oxygen atoms in total. The molecule has 0 saturated carbocycles. The molecule has 0 aliphatic carbocycles. The molecular formula is C25H29NO3S2. The third kappa shape index (κ3) is 7.06. The SMILES string of the molecule is CN(C(=S)Oc1ccc(C(C)(C)C)cc1)c1cccc(OCCOCc2ccsc2)c1. The lowest BCUT2D eigenvalue weighted by Crippen LogP contribution is -2.29. The highest BCUT2D eigenvalue weighted by atomic mass is 32.1. The summed E-state index contributed by atoms with van der Waals surface area (Å²) in [4.78, 5) is 1.83. The topological polar surface area (TPSA) is 30.9 Å². The summed E-state index contributed by atoms with van der Waals surface area (Å²) in [6.45, 7) is 8.18. The zero-order valence-corrected chi connectivity index (χ0v) is 20.1. The Morgan fingerprint density at radius 1 is 1.00 bits per heavy atom. The molecule has 3 aromatic rings. The van der Waals surface area contributed by atoms with Crippen molar-refractivity contribution >= 4 is 34.4 Å². The van der Waals surface area contributed by atoms with Crippen LogP contribution in [0.4, 0.5) is 5.69 Å². The van der Waals surface area contributed by atoms with Crippen molar-refractivity contribution in [2.24, 2.45) is 0 Å². The Kier molecular flexibility index (Phi) is 8.07. The van der Waals surface area contributed by atoms with E-state index in [2.05, 4.69) is 44.4 Å². The molecule has 0 radical (unpaired) electrons. The van der Waals surface area contributed by atoms with Crippen LogP contribution in [-0.2, 0) is 16.8 Å². The van der Waals surface area contributed by atoms with Crippen LogP contribution in [0.5, 0.6) is 11.5 Å². The van der Waals surface area contributed by atoms with Gasteiger partial charge in [-0.15, -0.1) is 0 Å². The molecule has 0 unspecified atom stereocenters. The molecule has 0 N–H and O–H groups in total. The number of nitrogens with zero attached hydrogens (tertiary/aromatic N) is 1. The first kappa shape index (κ1) is 23.3. The quantitative estimate of drug-likeness (QED) is 0.288. The van der Waals surface area contributed by atoms with Crippen molar-refractivity contribution in [2.45, 2.75) is 32.8 Å². The van der Waals surface area contributed by atoms with Crippen LogP contribution in [0.15, 0.2) is 65.4 Å². The van der Waals surface area contributed by atoms with Crippen molar-refractivity contribution in [3.63, 3.8) is 0 Å². The van der Waals surface area contributed by atoms with Gasteiger partial charge in [-0.1, -0.05) is 39.0 Å².